The van der Waals surface area contributed by atoms with Gasteiger partial charge in [0.2, 0.25) is 0 Å². The Kier molecular flexibility index (Phi) is 187. The topological polar surface area (TPSA) is 716 Å². The first kappa shape index (κ1) is 143. The molecule has 1 atom stereocenters. The zero-order chi connectivity index (χ0) is 86.6. The van der Waals surface area contributed by atoms with Crippen molar-refractivity contribution >= 4 is 0 Å². The Balaban J connectivity index is -0.0000000584. The maximum Gasteiger partial charge on any atom is 0.0892 e. The van der Waals surface area contributed by atoms with Crippen molar-refractivity contribution in [3.8, 4) is 0 Å². The molecule has 0 radical (unpaired) electrons. The summed E-state index contributed by atoms with van der Waals surface area (Å²) < 4.78 is 4.76. The third kappa shape index (κ3) is 219. The van der Waals surface area contributed by atoms with Crippen LogP contribution in [-0.2, 0) is 4.74 Å². The van der Waals surface area contributed by atoms with Gasteiger partial charge in [-0.05, 0) is 132 Å². The lowest BCUT2D eigenvalue weighted by atomic mass is 9.96. The van der Waals surface area contributed by atoms with Crippen molar-refractivity contribution in [2.45, 2.75) is 162 Å². The van der Waals surface area contributed by atoms with Crippen molar-refractivity contribution in [2.75, 3.05) is 279 Å². The van der Waals surface area contributed by atoms with Gasteiger partial charge in [0.25, 0.3) is 0 Å². The quantitative estimate of drug-likeness (QED) is 0.0252. The number of aliphatic hydroxyl groups is 24. The number of likely N-dealkylation sites (N-methyl/N-ethyl adjacent to an activating group) is 2. The van der Waals surface area contributed by atoms with Crippen LogP contribution in [0.1, 0.15) is 139 Å². The molecule has 0 aromatic carbocycles. The fraction of sp³-hybridized carbons (Fsp3) is 1.00. The van der Waals surface area contributed by atoms with Crippen molar-refractivity contribution < 1.29 is 127 Å². The van der Waals surface area contributed by atoms with Crippen LogP contribution < -0.4 is 45.9 Å². The molecule has 0 saturated heterocycles. The van der Waals surface area contributed by atoms with Crippen LogP contribution >= 0.6 is 0 Å². The number of unbranched alkanes of at least 4 members (excludes halogenated alkanes) is 5. The second-order valence-electron chi connectivity index (χ2n) is 24.7. The molecule has 0 spiro atoms. The van der Waals surface area contributed by atoms with Crippen LogP contribution in [0.15, 0.2) is 0 Å². The zero-order valence-corrected chi connectivity index (χ0v) is 69.1. The monoisotopic (exact) mass is 1580 g/mol. The summed E-state index contributed by atoms with van der Waals surface area (Å²) in [5, 5.41) is 198. The van der Waals surface area contributed by atoms with Gasteiger partial charge in [-0.1, -0.05) is 67.7 Å². The molecule has 37 heteroatoms. The predicted octanol–water partition coefficient (Wildman–Crippen LogP) is -8.31. The maximum atomic E-state index is 8.51. The van der Waals surface area contributed by atoms with Crippen LogP contribution in [0.5, 0.6) is 0 Å². The van der Waals surface area contributed by atoms with Gasteiger partial charge >= 0.3 is 0 Å². The molecule has 40 N–H and O–H groups in total. The molecule has 0 saturated carbocycles. The maximum absolute atomic E-state index is 8.51. The van der Waals surface area contributed by atoms with Crippen LogP contribution in [-0.4, -0.2) is 444 Å². The summed E-state index contributed by atoms with van der Waals surface area (Å²) in [4.78, 5) is 7.64. The van der Waals surface area contributed by atoms with Gasteiger partial charge in [0.1, 0.15) is 0 Å². The second kappa shape index (κ2) is 139. The van der Waals surface area contributed by atoms with E-state index in [2.05, 4.69) is 32.6 Å². The molecule has 0 aliphatic carbocycles. The molecular weight excluding hydrogens is 1400 g/mol. The van der Waals surface area contributed by atoms with Gasteiger partial charge in [0, 0.05) is 117 Å². The average Bonchev–Trinajstić information content (AvgIpc) is 0.975. The Morgan fingerprint density at radius 2 is 0.736 bits per heavy atom. The van der Waals surface area contributed by atoms with E-state index < -0.39 is 23.2 Å². The highest BCUT2D eigenvalue weighted by Crippen LogP contribution is 2.09. The van der Waals surface area contributed by atoms with E-state index in [-0.39, 0.29) is 137 Å². The standard InChI is InChI=1S/C6H15NO3.C6H14O.2C5H13NO2.2C5H13NO.C5H12O2.C5H12O.2C4H11NO2.C4H11NO.C4H10O.2C3H9NO2.C3H9NO.C2H7NO/c8-4-1-7(2-5-9)3-6-10;1-6(2)4-3-5-7;1-6(2-4-7)3-5-8;1-2-5(6,3-7)4-8;1-5(2,3-6)4-7;1-6(2)4-3-5-7;6-4-2-1-3-5-7;1-2-3-4-5-6;1-4(5,2-6)3-7;5-1-3-7-4-2-6;1-5(2)3-4-6;1-2-3-4-5;4-3(1-5)2-6;4-1-3(6)2-5;4-2-1-3-5;3-1-2-4/h8-10H,1-6H2;6-7H,3-5H2,1-2H3;7-8H,2-5H2,1H3;7-8H,2-4,6H2,1H3;7H,3-4,6H2,1-2H3;7H,3-5H2,1-2H3;6-7H,1-5H2;6H,2-5H2,1H3;6-7H,2-3,5H2,1H3;6H,1-5H2;6H,3-4H2,1-2H3;5H,2-4H2,1H3;2*3,5-6H,1-2,4H2;5H,1-4H2;4H,1-3H2. The van der Waals surface area contributed by atoms with Crippen molar-refractivity contribution in [1.29, 1.82) is 0 Å². The van der Waals surface area contributed by atoms with Crippen LogP contribution in [0, 0.1) is 11.3 Å². The third-order valence-electron chi connectivity index (χ3n) is 11.5. The lowest BCUT2D eigenvalue weighted by Crippen LogP contribution is -2.46. The van der Waals surface area contributed by atoms with Gasteiger partial charge in [-0.15, -0.1) is 0 Å². The Bertz CT molecular complexity index is 1160. The molecule has 0 rings (SSSR count). The van der Waals surface area contributed by atoms with Gasteiger partial charge in [-0.3, -0.25) is 4.90 Å². The number of hydrogen-bond acceptors (Lipinski definition) is 37. The predicted molar refractivity (Wildman–Crippen MR) is 429 cm³/mol. The number of rotatable bonds is 45. The first-order chi connectivity index (χ1) is 50.0. The van der Waals surface area contributed by atoms with Gasteiger partial charge in [0.05, 0.1) is 136 Å². The number of nitrogens with zero attached hydrogens (tertiary/aromatic N) is 4. The van der Waals surface area contributed by atoms with Crippen LogP contribution in [0.25, 0.3) is 0 Å². The van der Waals surface area contributed by atoms with E-state index in [4.69, 9.17) is 173 Å². The minimum absolute atomic E-state index is 0.0694. The fourth-order valence-electron chi connectivity index (χ4n) is 4.08. The summed E-state index contributed by atoms with van der Waals surface area (Å²) in [5.74, 6) is 0.743. The normalized spacial score (nSPS) is 10.4. The first-order valence-electron chi connectivity index (χ1n) is 36.8. The SMILES string of the molecule is CC(C)(CN)CO.CC(C)CCCO.CC(N)(CO)CO.CCC(N)(CO)CO.CCCCCO.CCCCO.CN(C)CCCO.CN(C)CCO.CN(CCO)CCO.NC(CO)CO.NCC(O)CO.NCCCO.NCCO.NCCOCCO.OCCCCCO.OCCN(CCO)CCO. The van der Waals surface area contributed by atoms with E-state index in [0.29, 0.717) is 105 Å². The van der Waals surface area contributed by atoms with E-state index in [1.165, 1.54) is 6.42 Å². The molecule has 1 unspecified atom stereocenters. The highest BCUT2D eigenvalue weighted by atomic mass is 16.5. The van der Waals surface area contributed by atoms with Gasteiger partial charge in [-0.2, -0.15) is 0 Å². The molecule has 0 fully saturated rings. The lowest BCUT2D eigenvalue weighted by Gasteiger charge is -2.21. The fourth-order valence-corrected chi connectivity index (χ4v) is 4.08. The van der Waals surface area contributed by atoms with Crippen LogP contribution in [0.3, 0.4) is 0 Å². The van der Waals surface area contributed by atoms with Crippen LogP contribution in [0.2, 0.25) is 0 Å². The summed E-state index contributed by atoms with van der Waals surface area (Å²) >= 11 is 0. The van der Waals surface area contributed by atoms with Crippen LogP contribution in [0.4, 0.5) is 0 Å². The molecule has 0 aliphatic heterocycles. The Hall–Kier alpha value is -1.48. The number of aliphatic hydroxyl groups excluding tert-OH is 24. The first-order valence-corrected chi connectivity index (χ1v) is 36.8. The second-order valence-corrected chi connectivity index (χ2v) is 24.7. The van der Waals surface area contributed by atoms with E-state index in [1.54, 1.807) is 11.8 Å². The average molecular weight is 1580 g/mol. The van der Waals surface area contributed by atoms with E-state index in [9.17, 15) is 0 Å². The summed E-state index contributed by atoms with van der Waals surface area (Å²) in [5.41, 5.74) is 38.9. The molecule has 0 aromatic heterocycles. The molecule has 106 heavy (non-hydrogen) atoms. The summed E-state index contributed by atoms with van der Waals surface area (Å²) in [6.45, 7) is 25.5. The molecule has 668 valence electrons. The molecule has 0 bridgehead atoms. The lowest BCUT2D eigenvalue weighted by molar-refractivity contribution is 0.0976. The third-order valence-corrected chi connectivity index (χ3v) is 11.5. The van der Waals surface area contributed by atoms with Gasteiger partial charge in [0.15, 0.2) is 0 Å². The van der Waals surface area contributed by atoms with Crippen molar-refractivity contribution in [3.05, 3.63) is 0 Å². The van der Waals surface area contributed by atoms with E-state index >= 15 is 0 Å². The van der Waals surface area contributed by atoms with E-state index in [0.717, 1.165) is 89.6 Å². The Morgan fingerprint density at radius 3 is 0.849 bits per heavy atom. The molecule has 0 aliphatic rings. The highest BCUT2D eigenvalue weighted by molar-refractivity contribution is 4.79. The largest absolute Gasteiger partial charge is 0.396 e. The summed E-state index contributed by atoms with van der Waals surface area (Å²) in [6, 6.07) is -0.454. The van der Waals surface area contributed by atoms with Gasteiger partial charge < -0.3 is 188 Å². The van der Waals surface area contributed by atoms with Crippen molar-refractivity contribution in [1.82, 2.24) is 19.6 Å². The molecule has 0 heterocycles. The molecule has 0 amide bonds. The number of hydrogen-bond donors (Lipinski definition) is 32. The highest BCUT2D eigenvalue weighted by Gasteiger charge is 2.19. The van der Waals surface area contributed by atoms with Gasteiger partial charge in [-0.25, -0.2) is 0 Å². The Morgan fingerprint density at radius 1 is 0.368 bits per heavy atom. The smallest absolute Gasteiger partial charge is 0.0892 e. The van der Waals surface area contributed by atoms with Crippen molar-refractivity contribution in [3.63, 3.8) is 0 Å². The summed E-state index contributed by atoms with van der Waals surface area (Å²) in [6.07, 6.45) is 11.5. The van der Waals surface area contributed by atoms with E-state index in [1.807, 2.05) is 65.8 Å². The summed E-state index contributed by atoms with van der Waals surface area (Å²) in [7, 11) is 9.70. The zero-order valence-electron chi connectivity index (χ0n) is 69.1. The minimum Gasteiger partial charge on any atom is -0.396 e. The molecule has 37 nitrogen and oxygen atoms in total. The number of nitrogens with two attached hydrogens (primary N) is 8. The van der Waals surface area contributed by atoms with Crippen molar-refractivity contribution in [2.24, 2.45) is 57.2 Å². The minimum atomic E-state index is -0.806. The molecule has 0 aromatic rings. The molecular formula is C69H182N12O25. The Labute approximate surface area is 643 Å². The number of ether oxygens (including phenoxy) is 1.